The maximum Gasteiger partial charge on any atom is 0.257 e. The summed E-state index contributed by atoms with van der Waals surface area (Å²) in [5.41, 5.74) is 2.71. The normalized spacial score (nSPS) is 16.3. The van der Waals surface area contributed by atoms with E-state index in [4.69, 9.17) is 0 Å². The lowest BCUT2D eigenvalue weighted by atomic mass is 10.2. The number of pyridine rings is 1. The Morgan fingerprint density at radius 1 is 1.21 bits per heavy atom. The van der Waals surface area contributed by atoms with Gasteiger partial charge in [-0.1, -0.05) is 18.2 Å². The van der Waals surface area contributed by atoms with Crippen LogP contribution in [0.15, 0.2) is 60.1 Å². The number of thiophene rings is 1. The number of nitrogens with zero attached hydrogens (tertiary/aromatic N) is 2. The molecule has 1 aliphatic heterocycles. The van der Waals surface area contributed by atoms with Crippen LogP contribution in [0.4, 0.5) is 11.5 Å². The lowest BCUT2D eigenvalue weighted by molar-refractivity contribution is 0.102. The van der Waals surface area contributed by atoms with Crippen molar-refractivity contribution in [2.24, 2.45) is 0 Å². The summed E-state index contributed by atoms with van der Waals surface area (Å²) in [6, 6.07) is 15.9. The molecule has 1 aliphatic rings. The number of carbonyl (C=O) groups excluding carboxylic acids is 1. The highest BCUT2D eigenvalue weighted by Crippen LogP contribution is 2.20. The molecule has 2 aromatic heterocycles. The Morgan fingerprint density at radius 2 is 2.07 bits per heavy atom. The van der Waals surface area contributed by atoms with E-state index < -0.39 is 0 Å². The number of aryl methyl sites for hydroxylation is 1. The van der Waals surface area contributed by atoms with Crippen LogP contribution < -0.4 is 15.5 Å². The molecule has 0 unspecified atom stereocenters. The van der Waals surface area contributed by atoms with Crippen LogP contribution in [0.25, 0.3) is 0 Å². The van der Waals surface area contributed by atoms with E-state index >= 15 is 0 Å². The molecule has 2 N–H and O–H groups in total. The molecule has 5 nitrogen and oxygen atoms in total. The molecule has 0 bridgehead atoms. The summed E-state index contributed by atoms with van der Waals surface area (Å²) >= 11 is 1.81. The van der Waals surface area contributed by atoms with Crippen molar-refractivity contribution in [3.8, 4) is 0 Å². The van der Waals surface area contributed by atoms with Crippen LogP contribution in [0.3, 0.4) is 0 Å². The number of para-hydroxylation sites is 1. The standard InChI is InChI=1S/C22H24N4OS/c1-16-10-12-28-20(16)14-23-19-9-11-26(15-19)21-8-7-17(13-24-21)22(27)25-18-5-3-2-4-6-18/h2-8,10,12-13,19,23H,9,11,14-15H2,1H3,(H,25,27)/t19-/m0/s1. The van der Waals surface area contributed by atoms with Crippen LogP contribution in [0.2, 0.25) is 0 Å². The maximum absolute atomic E-state index is 12.4. The first-order valence-electron chi connectivity index (χ1n) is 9.53. The minimum absolute atomic E-state index is 0.141. The Hall–Kier alpha value is -2.70. The van der Waals surface area contributed by atoms with Gasteiger partial charge in [0.1, 0.15) is 5.82 Å². The van der Waals surface area contributed by atoms with Gasteiger partial charge in [-0.15, -0.1) is 11.3 Å². The maximum atomic E-state index is 12.4. The van der Waals surface area contributed by atoms with Gasteiger partial charge in [-0.2, -0.15) is 0 Å². The summed E-state index contributed by atoms with van der Waals surface area (Å²) in [5.74, 6) is 0.783. The third-order valence-electron chi connectivity index (χ3n) is 5.07. The van der Waals surface area contributed by atoms with Crippen molar-refractivity contribution in [3.05, 3.63) is 76.1 Å². The summed E-state index contributed by atoms with van der Waals surface area (Å²) in [7, 11) is 0. The Morgan fingerprint density at radius 3 is 2.79 bits per heavy atom. The molecule has 1 aromatic carbocycles. The zero-order valence-electron chi connectivity index (χ0n) is 15.9. The third kappa shape index (κ3) is 4.40. The van der Waals surface area contributed by atoms with E-state index in [0.29, 0.717) is 11.6 Å². The fourth-order valence-corrected chi connectivity index (χ4v) is 4.25. The minimum Gasteiger partial charge on any atom is -0.355 e. The Labute approximate surface area is 169 Å². The topological polar surface area (TPSA) is 57.3 Å². The number of nitrogens with one attached hydrogen (secondary N) is 2. The lowest BCUT2D eigenvalue weighted by Gasteiger charge is -2.18. The Kier molecular flexibility index (Phi) is 5.69. The fourth-order valence-electron chi connectivity index (χ4n) is 3.39. The quantitative estimate of drug-likeness (QED) is 0.664. The molecule has 1 amide bonds. The molecule has 144 valence electrons. The first-order valence-corrected chi connectivity index (χ1v) is 10.4. The van der Waals surface area contributed by atoms with Gasteiger partial charge in [-0.05, 0) is 54.6 Å². The van der Waals surface area contributed by atoms with Crippen molar-refractivity contribution in [2.45, 2.75) is 25.9 Å². The molecular weight excluding hydrogens is 368 g/mol. The molecule has 1 atom stereocenters. The average Bonchev–Trinajstić information content (AvgIpc) is 3.36. The van der Waals surface area contributed by atoms with Crippen LogP contribution in [0.5, 0.6) is 0 Å². The van der Waals surface area contributed by atoms with Crippen LogP contribution in [0.1, 0.15) is 27.2 Å². The number of amides is 1. The first kappa shape index (κ1) is 18.7. The third-order valence-corrected chi connectivity index (χ3v) is 6.10. The molecule has 28 heavy (non-hydrogen) atoms. The molecule has 0 spiro atoms. The smallest absolute Gasteiger partial charge is 0.257 e. The van der Waals surface area contributed by atoms with E-state index in [-0.39, 0.29) is 5.91 Å². The van der Waals surface area contributed by atoms with E-state index in [2.05, 4.69) is 38.9 Å². The summed E-state index contributed by atoms with van der Waals surface area (Å²) < 4.78 is 0. The lowest BCUT2D eigenvalue weighted by Crippen LogP contribution is -2.32. The number of anilines is 2. The van der Waals surface area contributed by atoms with Gasteiger partial charge in [0.15, 0.2) is 0 Å². The van der Waals surface area contributed by atoms with Gasteiger partial charge >= 0.3 is 0 Å². The zero-order chi connectivity index (χ0) is 19.3. The highest BCUT2D eigenvalue weighted by Gasteiger charge is 2.23. The van der Waals surface area contributed by atoms with Crippen LogP contribution >= 0.6 is 11.3 Å². The Balaban J connectivity index is 1.31. The second-order valence-electron chi connectivity index (χ2n) is 7.06. The second kappa shape index (κ2) is 8.54. The summed E-state index contributed by atoms with van der Waals surface area (Å²) in [6.45, 7) is 5.00. The predicted molar refractivity (Wildman–Crippen MR) is 115 cm³/mol. The van der Waals surface area contributed by atoms with Crippen molar-refractivity contribution in [2.75, 3.05) is 23.3 Å². The number of benzene rings is 1. The SMILES string of the molecule is Cc1ccsc1CN[C@H]1CCN(c2ccc(C(=O)Nc3ccccc3)cn2)C1. The van der Waals surface area contributed by atoms with E-state index in [1.165, 1.54) is 10.4 Å². The van der Waals surface area contributed by atoms with Crippen molar-refractivity contribution in [1.82, 2.24) is 10.3 Å². The van der Waals surface area contributed by atoms with Crippen LogP contribution in [-0.2, 0) is 6.54 Å². The molecule has 4 rings (SSSR count). The molecule has 1 fully saturated rings. The number of hydrogen-bond donors (Lipinski definition) is 2. The van der Waals surface area contributed by atoms with Crippen molar-refractivity contribution >= 4 is 28.7 Å². The number of rotatable bonds is 6. The molecule has 1 saturated heterocycles. The van der Waals surface area contributed by atoms with Gasteiger partial charge in [0.05, 0.1) is 5.56 Å². The van der Waals surface area contributed by atoms with Crippen molar-refractivity contribution in [3.63, 3.8) is 0 Å². The van der Waals surface area contributed by atoms with E-state index in [0.717, 1.165) is 37.6 Å². The van der Waals surface area contributed by atoms with Gasteiger partial charge in [-0.25, -0.2) is 4.98 Å². The predicted octanol–water partition coefficient (Wildman–Crippen LogP) is 4.07. The van der Waals surface area contributed by atoms with Crippen molar-refractivity contribution < 1.29 is 4.79 Å². The molecule has 0 radical (unpaired) electrons. The van der Waals surface area contributed by atoms with E-state index in [9.17, 15) is 4.79 Å². The molecule has 6 heteroatoms. The molecule has 3 heterocycles. The number of hydrogen-bond acceptors (Lipinski definition) is 5. The molecule has 0 saturated carbocycles. The van der Waals surface area contributed by atoms with Gasteiger partial charge in [0.25, 0.3) is 5.91 Å². The van der Waals surface area contributed by atoms with Crippen molar-refractivity contribution in [1.29, 1.82) is 0 Å². The fraction of sp³-hybridized carbons (Fsp3) is 0.273. The summed E-state index contributed by atoms with van der Waals surface area (Å²) in [6.07, 6.45) is 2.76. The number of carbonyl (C=O) groups is 1. The highest BCUT2D eigenvalue weighted by atomic mass is 32.1. The molecule has 3 aromatic rings. The monoisotopic (exact) mass is 392 g/mol. The summed E-state index contributed by atoms with van der Waals surface area (Å²) in [5, 5.41) is 8.69. The molecule has 0 aliphatic carbocycles. The molecular formula is C22H24N4OS. The van der Waals surface area contributed by atoms with E-state index in [1.807, 2.05) is 53.8 Å². The Bertz CT molecular complexity index is 923. The van der Waals surface area contributed by atoms with Gasteiger partial charge in [0, 0.05) is 42.4 Å². The second-order valence-corrected chi connectivity index (χ2v) is 8.07. The van der Waals surface area contributed by atoms with Gasteiger partial charge in [-0.3, -0.25) is 4.79 Å². The van der Waals surface area contributed by atoms with E-state index in [1.54, 1.807) is 6.20 Å². The van der Waals surface area contributed by atoms with Gasteiger partial charge < -0.3 is 15.5 Å². The first-order chi connectivity index (χ1) is 13.7. The highest BCUT2D eigenvalue weighted by molar-refractivity contribution is 7.10. The summed E-state index contributed by atoms with van der Waals surface area (Å²) in [4.78, 5) is 20.6. The largest absolute Gasteiger partial charge is 0.355 e. The minimum atomic E-state index is -0.141. The van der Waals surface area contributed by atoms with Crippen LogP contribution in [-0.4, -0.2) is 30.0 Å². The zero-order valence-corrected chi connectivity index (χ0v) is 16.7. The average molecular weight is 393 g/mol. The number of aromatic nitrogens is 1. The van der Waals surface area contributed by atoms with Crippen LogP contribution in [0, 0.1) is 6.92 Å². The van der Waals surface area contributed by atoms with Gasteiger partial charge in [0.2, 0.25) is 0 Å².